The first-order chi connectivity index (χ1) is 14.8. The van der Waals surface area contributed by atoms with Gasteiger partial charge >= 0.3 is 0 Å². The number of anilines is 1. The Balaban J connectivity index is 1.58. The van der Waals surface area contributed by atoms with Gasteiger partial charge in [-0.1, -0.05) is 12.1 Å². The second-order valence-corrected chi connectivity index (χ2v) is 7.13. The van der Waals surface area contributed by atoms with Crippen LogP contribution in [0.5, 0.6) is 11.5 Å². The summed E-state index contributed by atoms with van der Waals surface area (Å²) in [6, 6.07) is 20.3. The fraction of sp³-hybridized carbons (Fsp3) is 0.125. The molecule has 0 aromatic heterocycles. The van der Waals surface area contributed by atoms with E-state index in [9.17, 15) is 14.4 Å². The highest BCUT2D eigenvalue weighted by molar-refractivity contribution is 6.04. The number of rotatable bonds is 7. The quantitative estimate of drug-likeness (QED) is 0.615. The minimum Gasteiger partial charge on any atom is -0.457 e. The molecule has 3 N–H and O–H groups in total. The second kappa shape index (κ2) is 9.58. The number of amides is 3. The Morgan fingerprint density at radius 2 is 1.32 bits per heavy atom. The molecule has 0 aliphatic rings. The standard InChI is InChI=1S/C24H23N3O4/c1-27(2)22(28)15-16-3-9-19(10-4-16)26-24(30)18-7-13-21(14-8-18)31-20-11-5-17(6-12-20)23(25)29/h3-14H,15H2,1-2H3,(H2,25,29)(H,26,30). The third kappa shape index (κ3) is 5.93. The predicted molar refractivity (Wildman–Crippen MR) is 118 cm³/mol. The molecule has 3 rings (SSSR count). The SMILES string of the molecule is CN(C)C(=O)Cc1ccc(NC(=O)c2ccc(Oc3ccc(C(N)=O)cc3)cc2)cc1. The van der Waals surface area contributed by atoms with E-state index >= 15 is 0 Å². The van der Waals surface area contributed by atoms with E-state index in [4.69, 9.17) is 10.5 Å². The average Bonchev–Trinajstić information content (AvgIpc) is 2.76. The van der Waals surface area contributed by atoms with Crippen molar-refractivity contribution in [1.82, 2.24) is 4.90 Å². The fourth-order valence-corrected chi connectivity index (χ4v) is 2.74. The second-order valence-electron chi connectivity index (χ2n) is 7.13. The highest BCUT2D eigenvalue weighted by Crippen LogP contribution is 2.22. The van der Waals surface area contributed by atoms with E-state index in [1.807, 2.05) is 12.1 Å². The summed E-state index contributed by atoms with van der Waals surface area (Å²) in [4.78, 5) is 36.9. The minimum absolute atomic E-state index is 0.0166. The summed E-state index contributed by atoms with van der Waals surface area (Å²) in [5.41, 5.74) is 7.61. The number of hydrogen-bond donors (Lipinski definition) is 2. The fourth-order valence-electron chi connectivity index (χ4n) is 2.74. The molecule has 0 unspecified atom stereocenters. The van der Waals surface area contributed by atoms with Crippen molar-refractivity contribution in [2.45, 2.75) is 6.42 Å². The molecule has 7 nitrogen and oxygen atoms in total. The maximum atomic E-state index is 12.5. The molecule has 0 atom stereocenters. The minimum atomic E-state index is -0.501. The van der Waals surface area contributed by atoms with Gasteiger partial charge in [0.05, 0.1) is 6.42 Å². The molecule has 0 saturated heterocycles. The first-order valence-corrected chi connectivity index (χ1v) is 9.60. The van der Waals surface area contributed by atoms with E-state index in [-0.39, 0.29) is 11.8 Å². The van der Waals surface area contributed by atoms with E-state index in [1.54, 1.807) is 79.7 Å². The van der Waals surface area contributed by atoms with Crippen molar-refractivity contribution in [2.75, 3.05) is 19.4 Å². The number of nitrogens with zero attached hydrogens (tertiary/aromatic N) is 1. The normalized spacial score (nSPS) is 10.3. The maximum Gasteiger partial charge on any atom is 0.255 e. The topological polar surface area (TPSA) is 102 Å². The number of carbonyl (C=O) groups excluding carboxylic acids is 3. The van der Waals surface area contributed by atoms with Crippen LogP contribution in [0.4, 0.5) is 5.69 Å². The number of ether oxygens (including phenoxy) is 1. The number of primary amides is 1. The van der Waals surface area contributed by atoms with Crippen LogP contribution in [0.2, 0.25) is 0 Å². The Kier molecular flexibility index (Phi) is 6.67. The van der Waals surface area contributed by atoms with Crippen LogP contribution in [-0.2, 0) is 11.2 Å². The molecule has 0 heterocycles. The molecule has 3 amide bonds. The number of hydrogen-bond acceptors (Lipinski definition) is 4. The van der Waals surface area contributed by atoms with Crippen LogP contribution in [0.25, 0.3) is 0 Å². The summed E-state index contributed by atoms with van der Waals surface area (Å²) in [7, 11) is 3.43. The van der Waals surface area contributed by atoms with Crippen LogP contribution in [0, 0.1) is 0 Å². The molecule has 3 aromatic carbocycles. The van der Waals surface area contributed by atoms with Crippen molar-refractivity contribution < 1.29 is 19.1 Å². The lowest BCUT2D eigenvalue weighted by atomic mass is 10.1. The molecule has 158 valence electrons. The number of carbonyl (C=O) groups is 3. The predicted octanol–water partition coefficient (Wildman–Crippen LogP) is 3.46. The smallest absolute Gasteiger partial charge is 0.255 e. The highest BCUT2D eigenvalue weighted by Gasteiger charge is 2.09. The van der Waals surface area contributed by atoms with Crippen molar-refractivity contribution >= 4 is 23.4 Å². The molecule has 3 aromatic rings. The van der Waals surface area contributed by atoms with Gasteiger partial charge in [-0.25, -0.2) is 0 Å². The first-order valence-electron chi connectivity index (χ1n) is 9.60. The molecule has 0 bridgehead atoms. The van der Waals surface area contributed by atoms with Crippen molar-refractivity contribution in [3.8, 4) is 11.5 Å². The zero-order valence-corrected chi connectivity index (χ0v) is 17.3. The zero-order chi connectivity index (χ0) is 22.4. The molecular formula is C24H23N3O4. The van der Waals surface area contributed by atoms with Gasteiger partial charge in [0.15, 0.2) is 0 Å². The Bertz CT molecular complexity index is 1070. The number of likely N-dealkylation sites (N-methyl/N-ethyl adjacent to an activating group) is 1. The lowest BCUT2D eigenvalue weighted by molar-refractivity contribution is -0.127. The van der Waals surface area contributed by atoms with E-state index < -0.39 is 5.91 Å². The van der Waals surface area contributed by atoms with E-state index in [1.165, 1.54) is 0 Å². The highest BCUT2D eigenvalue weighted by atomic mass is 16.5. The Morgan fingerprint density at radius 3 is 1.81 bits per heavy atom. The van der Waals surface area contributed by atoms with Gasteiger partial charge in [0.25, 0.3) is 5.91 Å². The van der Waals surface area contributed by atoms with Crippen LogP contribution in [0.15, 0.2) is 72.8 Å². The summed E-state index contributed by atoms with van der Waals surface area (Å²) >= 11 is 0. The van der Waals surface area contributed by atoms with E-state index in [0.29, 0.717) is 34.7 Å². The molecule has 0 radical (unpaired) electrons. The molecule has 0 aliphatic heterocycles. The van der Waals surface area contributed by atoms with Gasteiger partial charge in [0.1, 0.15) is 11.5 Å². The van der Waals surface area contributed by atoms with Crippen LogP contribution in [0.3, 0.4) is 0 Å². The van der Waals surface area contributed by atoms with Gasteiger partial charge in [-0.3, -0.25) is 14.4 Å². The molecule has 31 heavy (non-hydrogen) atoms. The molecule has 0 saturated carbocycles. The van der Waals surface area contributed by atoms with Crippen molar-refractivity contribution in [3.63, 3.8) is 0 Å². The monoisotopic (exact) mass is 417 g/mol. The average molecular weight is 417 g/mol. The first kappa shape index (κ1) is 21.6. The maximum absolute atomic E-state index is 12.5. The summed E-state index contributed by atoms with van der Waals surface area (Å²) in [6.45, 7) is 0. The Labute approximate surface area is 180 Å². The van der Waals surface area contributed by atoms with E-state index in [0.717, 1.165) is 5.56 Å². The molecule has 7 heteroatoms. The lowest BCUT2D eigenvalue weighted by Crippen LogP contribution is -2.23. The van der Waals surface area contributed by atoms with Crippen LogP contribution >= 0.6 is 0 Å². The number of benzene rings is 3. The third-order valence-electron chi connectivity index (χ3n) is 4.56. The number of nitrogens with one attached hydrogen (secondary N) is 1. The van der Waals surface area contributed by atoms with Crippen LogP contribution in [0.1, 0.15) is 26.3 Å². The van der Waals surface area contributed by atoms with Gasteiger partial charge < -0.3 is 20.7 Å². The van der Waals surface area contributed by atoms with E-state index in [2.05, 4.69) is 5.32 Å². The van der Waals surface area contributed by atoms with Gasteiger partial charge in [-0.05, 0) is 66.2 Å². The van der Waals surface area contributed by atoms with Gasteiger partial charge in [0.2, 0.25) is 11.8 Å². The zero-order valence-electron chi connectivity index (χ0n) is 17.3. The van der Waals surface area contributed by atoms with Crippen molar-refractivity contribution in [3.05, 3.63) is 89.5 Å². The molecule has 0 fully saturated rings. The van der Waals surface area contributed by atoms with Crippen LogP contribution in [-0.4, -0.2) is 36.7 Å². The number of nitrogens with two attached hydrogens (primary N) is 1. The molecule has 0 aliphatic carbocycles. The van der Waals surface area contributed by atoms with Gasteiger partial charge in [-0.15, -0.1) is 0 Å². The van der Waals surface area contributed by atoms with Gasteiger partial charge in [0, 0.05) is 30.9 Å². The van der Waals surface area contributed by atoms with Crippen molar-refractivity contribution in [2.24, 2.45) is 5.73 Å². The largest absolute Gasteiger partial charge is 0.457 e. The Morgan fingerprint density at radius 1 is 0.806 bits per heavy atom. The Hall–Kier alpha value is -4.13. The molecular weight excluding hydrogens is 394 g/mol. The lowest BCUT2D eigenvalue weighted by Gasteiger charge is -2.11. The van der Waals surface area contributed by atoms with Crippen molar-refractivity contribution in [1.29, 1.82) is 0 Å². The summed E-state index contributed by atoms with van der Waals surface area (Å²) in [6.07, 6.45) is 0.313. The molecule has 0 spiro atoms. The third-order valence-corrected chi connectivity index (χ3v) is 4.56. The summed E-state index contributed by atoms with van der Waals surface area (Å²) in [5, 5.41) is 2.83. The van der Waals surface area contributed by atoms with Crippen LogP contribution < -0.4 is 15.8 Å². The van der Waals surface area contributed by atoms with Gasteiger partial charge in [-0.2, -0.15) is 0 Å². The summed E-state index contributed by atoms with van der Waals surface area (Å²) in [5.74, 6) is 0.365. The summed E-state index contributed by atoms with van der Waals surface area (Å²) < 4.78 is 5.71.